The third-order valence-electron chi connectivity index (χ3n) is 2.95. The highest BCUT2D eigenvalue weighted by Gasteiger charge is 2.15. The predicted molar refractivity (Wildman–Crippen MR) is 73.3 cm³/mol. The molecule has 0 spiro atoms. The molecule has 17 heavy (non-hydrogen) atoms. The van der Waals surface area contributed by atoms with E-state index in [0.717, 1.165) is 6.54 Å². The van der Waals surface area contributed by atoms with Crippen LogP contribution in [0.4, 0.5) is 0 Å². The van der Waals surface area contributed by atoms with Gasteiger partial charge in [0.05, 0.1) is 18.6 Å². The lowest BCUT2D eigenvalue weighted by Gasteiger charge is -2.22. The van der Waals surface area contributed by atoms with Gasteiger partial charge >= 0.3 is 0 Å². The third kappa shape index (κ3) is 4.01. The third-order valence-corrected chi connectivity index (χ3v) is 4.11. The zero-order valence-corrected chi connectivity index (χ0v) is 11.9. The molecule has 0 bridgehead atoms. The molecule has 1 aromatic heterocycles. The average Bonchev–Trinajstić information content (AvgIpc) is 2.76. The number of nitrogens with zero attached hydrogens (tertiary/aromatic N) is 2. The average molecular weight is 257 g/mol. The van der Waals surface area contributed by atoms with E-state index in [1.165, 1.54) is 5.69 Å². The van der Waals surface area contributed by atoms with Gasteiger partial charge in [-0.2, -0.15) is 11.8 Å². The second-order valence-corrected chi connectivity index (χ2v) is 5.59. The number of aromatic nitrogens is 2. The SMILES string of the molecule is CSC(CO)C(C)NCc1cncn1C(C)C. The summed E-state index contributed by atoms with van der Waals surface area (Å²) in [5, 5.41) is 12.9. The quantitative estimate of drug-likeness (QED) is 0.780. The first kappa shape index (κ1) is 14.5. The van der Waals surface area contributed by atoms with Crippen molar-refractivity contribution < 1.29 is 5.11 Å². The molecule has 0 saturated heterocycles. The number of hydrogen-bond donors (Lipinski definition) is 2. The smallest absolute Gasteiger partial charge is 0.0951 e. The summed E-state index contributed by atoms with van der Waals surface area (Å²) < 4.78 is 2.16. The van der Waals surface area contributed by atoms with Gasteiger partial charge in [0.25, 0.3) is 0 Å². The van der Waals surface area contributed by atoms with Gasteiger partial charge in [0.15, 0.2) is 0 Å². The largest absolute Gasteiger partial charge is 0.395 e. The van der Waals surface area contributed by atoms with Gasteiger partial charge in [-0.15, -0.1) is 0 Å². The van der Waals surface area contributed by atoms with Gasteiger partial charge in [0.1, 0.15) is 0 Å². The highest BCUT2D eigenvalue weighted by Crippen LogP contribution is 2.12. The number of nitrogens with one attached hydrogen (secondary N) is 1. The van der Waals surface area contributed by atoms with E-state index >= 15 is 0 Å². The molecular weight excluding hydrogens is 234 g/mol. The normalized spacial score (nSPS) is 15.2. The second kappa shape index (κ2) is 7.03. The van der Waals surface area contributed by atoms with Crippen LogP contribution in [0.1, 0.15) is 32.5 Å². The van der Waals surface area contributed by atoms with Crippen molar-refractivity contribution >= 4 is 11.8 Å². The zero-order chi connectivity index (χ0) is 12.8. The summed E-state index contributed by atoms with van der Waals surface area (Å²) in [7, 11) is 0. The van der Waals surface area contributed by atoms with Gasteiger partial charge < -0.3 is 15.0 Å². The van der Waals surface area contributed by atoms with E-state index in [0.29, 0.717) is 6.04 Å². The Morgan fingerprint density at radius 2 is 2.18 bits per heavy atom. The van der Waals surface area contributed by atoms with Crippen LogP contribution in [0, 0.1) is 0 Å². The number of imidazole rings is 1. The summed E-state index contributed by atoms with van der Waals surface area (Å²) in [6, 6.07) is 0.712. The van der Waals surface area contributed by atoms with Crippen molar-refractivity contribution in [2.45, 2.75) is 44.6 Å². The molecule has 0 amide bonds. The molecule has 1 aromatic rings. The van der Waals surface area contributed by atoms with Gasteiger partial charge in [0, 0.05) is 30.1 Å². The van der Waals surface area contributed by atoms with E-state index in [-0.39, 0.29) is 17.9 Å². The van der Waals surface area contributed by atoms with Gasteiger partial charge in [-0.3, -0.25) is 0 Å². The fraction of sp³-hybridized carbons (Fsp3) is 0.750. The van der Waals surface area contributed by atoms with Crippen LogP contribution in [0.25, 0.3) is 0 Å². The molecule has 0 radical (unpaired) electrons. The maximum atomic E-state index is 9.22. The Bertz CT molecular complexity index is 323. The zero-order valence-electron chi connectivity index (χ0n) is 11.1. The van der Waals surface area contributed by atoms with Gasteiger partial charge in [-0.05, 0) is 27.0 Å². The highest BCUT2D eigenvalue weighted by atomic mass is 32.2. The van der Waals surface area contributed by atoms with E-state index in [1.54, 1.807) is 11.8 Å². The van der Waals surface area contributed by atoms with Gasteiger partial charge in [-0.1, -0.05) is 0 Å². The molecule has 98 valence electrons. The van der Waals surface area contributed by atoms with Crippen LogP contribution in [0.15, 0.2) is 12.5 Å². The number of hydrogen-bond acceptors (Lipinski definition) is 4. The molecule has 0 aliphatic rings. The lowest BCUT2D eigenvalue weighted by atomic mass is 10.2. The molecule has 0 aliphatic carbocycles. The Kier molecular flexibility index (Phi) is 6.02. The van der Waals surface area contributed by atoms with Crippen LogP contribution in [-0.4, -0.2) is 38.8 Å². The molecule has 1 heterocycles. The van der Waals surface area contributed by atoms with Crippen LogP contribution >= 0.6 is 11.8 Å². The maximum Gasteiger partial charge on any atom is 0.0951 e. The second-order valence-electron chi connectivity index (χ2n) is 4.51. The van der Waals surface area contributed by atoms with Crippen LogP contribution < -0.4 is 5.32 Å². The Labute approximate surface area is 108 Å². The molecular formula is C12H23N3OS. The van der Waals surface area contributed by atoms with Crippen LogP contribution in [0.2, 0.25) is 0 Å². The molecule has 1 rings (SSSR count). The number of thioether (sulfide) groups is 1. The lowest BCUT2D eigenvalue weighted by Crippen LogP contribution is -2.37. The fourth-order valence-electron chi connectivity index (χ4n) is 1.77. The Morgan fingerprint density at radius 1 is 1.47 bits per heavy atom. The summed E-state index contributed by atoms with van der Waals surface area (Å²) >= 11 is 1.69. The van der Waals surface area contributed by atoms with Crippen molar-refractivity contribution in [3.8, 4) is 0 Å². The topological polar surface area (TPSA) is 50.1 Å². The minimum atomic E-state index is 0.207. The minimum absolute atomic E-state index is 0.207. The van der Waals surface area contributed by atoms with Gasteiger partial charge in [-0.25, -0.2) is 4.98 Å². The molecule has 0 aliphatic heterocycles. The maximum absolute atomic E-state index is 9.22. The first-order valence-corrected chi connectivity index (χ1v) is 7.26. The molecule has 0 fully saturated rings. The molecule has 4 nitrogen and oxygen atoms in total. The Hall–Kier alpha value is -0.520. The van der Waals surface area contributed by atoms with E-state index in [1.807, 2.05) is 18.8 Å². The van der Waals surface area contributed by atoms with Crippen molar-refractivity contribution in [2.75, 3.05) is 12.9 Å². The van der Waals surface area contributed by atoms with E-state index in [2.05, 4.69) is 35.6 Å². The first-order chi connectivity index (χ1) is 8.10. The molecule has 2 N–H and O–H groups in total. The van der Waals surface area contributed by atoms with Crippen molar-refractivity contribution in [3.63, 3.8) is 0 Å². The summed E-state index contributed by atoms with van der Waals surface area (Å²) in [5.41, 5.74) is 1.18. The van der Waals surface area contributed by atoms with Crippen molar-refractivity contribution in [1.29, 1.82) is 0 Å². The lowest BCUT2D eigenvalue weighted by molar-refractivity contribution is 0.275. The highest BCUT2D eigenvalue weighted by molar-refractivity contribution is 7.99. The summed E-state index contributed by atoms with van der Waals surface area (Å²) in [5.74, 6) is 0. The summed E-state index contributed by atoms with van der Waals surface area (Å²) in [6.45, 7) is 7.39. The Morgan fingerprint density at radius 3 is 2.71 bits per heavy atom. The minimum Gasteiger partial charge on any atom is -0.395 e. The van der Waals surface area contributed by atoms with E-state index in [9.17, 15) is 5.11 Å². The Balaban J connectivity index is 2.52. The predicted octanol–water partition coefficient (Wildman–Crippen LogP) is 1.67. The number of aliphatic hydroxyl groups excluding tert-OH is 1. The van der Waals surface area contributed by atoms with Crippen molar-refractivity contribution in [2.24, 2.45) is 0 Å². The monoisotopic (exact) mass is 257 g/mol. The van der Waals surface area contributed by atoms with E-state index in [4.69, 9.17) is 0 Å². The standard InChI is InChI=1S/C12H23N3OS/c1-9(2)15-8-13-5-11(15)6-14-10(3)12(7-16)17-4/h5,8-10,12,14,16H,6-7H2,1-4H3. The summed E-state index contributed by atoms with van der Waals surface area (Å²) in [6.07, 6.45) is 5.79. The summed E-state index contributed by atoms with van der Waals surface area (Å²) in [4.78, 5) is 4.17. The van der Waals surface area contributed by atoms with Crippen molar-refractivity contribution in [3.05, 3.63) is 18.2 Å². The van der Waals surface area contributed by atoms with E-state index < -0.39 is 0 Å². The molecule has 5 heteroatoms. The fourth-order valence-corrected chi connectivity index (χ4v) is 2.42. The van der Waals surface area contributed by atoms with Crippen LogP contribution in [-0.2, 0) is 6.54 Å². The number of aliphatic hydroxyl groups is 1. The van der Waals surface area contributed by atoms with Crippen molar-refractivity contribution in [1.82, 2.24) is 14.9 Å². The van der Waals surface area contributed by atoms with Crippen LogP contribution in [0.5, 0.6) is 0 Å². The first-order valence-electron chi connectivity index (χ1n) is 5.97. The molecule has 0 aromatic carbocycles. The molecule has 2 atom stereocenters. The molecule has 2 unspecified atom stereocenters. The number of rotatable bonds is 7. The van der Waals surface area contributed by atoms with Gasteiger partial charge in [0.2, 0.25) is 0 Å². The molecule has 0 saturated carbocycles. The van der Waals surface area contributed by atoms with Crippen LogP contribution in [0.3, 0.4) is 0 Å².